The second kappa shape index (κ2) is 6.18. The molecule has 0 radical (unpaired) electrons. The van der Waals surface area contributed by atoms with Crippen LogP contribution in [0.3, 0.4) is 0 Å². The SMILES string of the molecule is Nc1ccccc1S(=O)(=O)NCC1CSCCS1. The Hall–Kier alpha value is -0.370. The van der Waals surface area contributed by atoms with Gasteiger partial charge >= 0.3 is 0 Å². The van der Waals surface area contributed by atoms with Crippen LogP contribution < -0.4 is 10.5 Å². The Bertz CT molecular complexity index is 499. The summed E-state index contributed by atoms with van der Waals surface area (Å²) in [6, 6.07) is 6.53. The molecule has 1 heterocycles. The van der Waals surface area contributed by atoms with Crippen molar-refractivity contribution in [2.45, 2.75) is 10.1 Å². The molecule has 1 aliphatic heterocycles. The van der Waals surface area contributed by atoms with Crippen LogP contribution in [-0.2, 0) is 10.0 Å². The molecule has 0 aliphatic carbocycles. The predicted molar refractivity (Wildman–Crippen MR) is 79.6 cm³/mol. The maximum atomic E-state index is 12.1. The Morgan fingerprint density at radius 1 is 1.33 bits per heavy atom. The van der Waals surface area contributed by atoms with Gasteiger partial charge in [-0.3, -0.25) is 0 Å². The number of benzene rings is 1. The number of hydrogen-bond acceptors (Lipinski definition) is 5. The summed E-state index contributed by atoms with van der Waals surface area (Å²) in [7, 11) is -3.49. The van der Waals surface area contributed by atoms with E-state index >= 15 is 0 Å². The van der Waals surface area contributed by atoms with Crippen molar-refractivity contribution in [2.24, 2.45) is 0 Å². The molecule has 18 heavy (non-hydrogen) atoms. The number of nitrogens with two attached hydrogens (primary N) is 1. The summed E-state index contributed by atoms with van der Waals surface area (Å²) in [5.74, 6) is 3.24. The Balaban J connectivity index is 2.01. The number of hydrogen-bond donors (Lipinski definition) is 2. The summed E-state index contributed by atoms with van der Waals surface area (Å²) in [5.41, 5.74) is 5.97. The van der Waals surface area contributed by atoms with Gasteiger partial charge in [-0.15, -0.1) is 0 Å². The molecule has 2 rings (SSSR count). The van der Waals surface area contributed by atoms with Crippen LogP contribution in [0.15, 0.2) is 29.2 Å². The van der Waals surface area contributed by atoms with Crippen LogP contribution in [0.2, 0.25) is 0 Å². The molecule has 1 saturated heterocycles. The van der Waals surface area contributed by atoms with E-state index in [-0.39, 0.29) is 10.6 Å². The first-order valence-corrected chi connectivity index (χ1v) is 9.32. The Morgan fingerprint density at radius 3 is 2.78 bits per heavy atom. The number of anilines is 1. The van der Waals surface area contributed by atoms with Crippen LogP contribution in [0, 0.1) is 0 Å². The fraction of sp³-hybridized carbons (Fsp3) is 0.455. The summed E-state index contributed by atoms with van der Waals surface area (Å²) in [4.78, 5) is 0.165. The standard InChI is InChI=1S/C11H16N2O2S3/c12-10-3-1-2-4-11(10)18(14,15)13-7-9-8-16-5-6-17-9/h1-4,9,13H,5-8,12H2. The maximum Gasteiger partial charge on any atom is 0.242 e. The number of sulfonamides is 1. The van der Waals surface area contributed by atoms with E-state index in [4.69, 9.17) is 5.73 Å². The zero-order valence-corrected chi connectivity index (χ0v) is 12.3. The summed E-state index contributed by atoms with van der Waals surface area (Å²) in [6.45, 7) is 0.467. The number of rotatable bonds is 4. The zero-order valence-electron chi connectivity index (χ0n) is 9.83. The van der Waals surface area contributed by atoms with Gasteiger partial charge in [-0.2, -0.15) is 23.5 Å². The van der Waals surface area contributed by atoms with Crippen molar-refractivity contribution in [1.82, 2.24) is 4.72 Å². The molecule has 1 atom stereocenters. The molecular formula is C11H16N2O2S3. The van der Waals surface area contributed by atoms with Crippen molar-refractivity contribution in [2.75, 3.05) is 29.5 Å². The van der Waals surface area contributed by atoms with Crippen LogP contribution in [0.1, 0.15) is 0 Å². The van der Waals surface area contributed by atoms with E-state index in [2.05, 4.69) is 4.72 Å². The van der Waals surface area contributed by atoms with E-state index in [0.717, 1.165) is 17.3 Å². The normalized spacial score (nSPS) is 20.8. The van der Waals surface area contributed by atoms with Crippen LogP contribution >= 0.6 is 23.5 Å². The smallest absolute Gasteiger partial charge is 0.242 e. The molecular weight excluding hydrogens is 288 g/mol. The van der Waals surface area contributed by atoms with Gasteiger partial charge in [0.15, 0.2) is 0 Å². The van der Waals surface area contributed by atoms with Crippen LogP contribution in [0.25, 0.3) is 0 Å². The van der Waals surface area contributed by atoms with Gasteiger partial charge in [-0.1, -0.05) is 12.1 Å². The van der Waals surface area contributed by atoms with Crippen LogP contribution in [-0.4, -0.2) is 37.5 Å². The molecule has 7 heteroatoms. The Labute approximate surface area is 116 Å². The van der Waals surface area contributed by atoms with Crippen LogP contribution in [0.5, 0.6) is 0 Å². The average molecular weight is 304 g/mol. The highest BCUT2D eigenvalue weighted by Crippen LogP contribution is 2.24. The fourth-order valence-corrected chi connectivity index (χ4v) is 5.59. The molecule has 1 unspecified atom stereocenters. The van der Waals surface area contributed by atoms with E-state index < -0.39 is 10.0 Å². The summed E-state index contributed by atoms with van der Waals surface area (Å²) >= 11 is 3.70. The van der Waals surface area contributed by atoms with E-state index in [1.807, 2.05) is 23.5 Å². The predicted octanol–water partition coefficient (Wildman–Crippen LogP) is 1.40. The molecule has 3 N–H and O–H groups in total. The minimum absolute atomic E-state index is 0.165. The van der Waals surface area contributed by atoms with Crippen LogP contribution in [0.4, 0.5) is 5.69 Å². The molecule has 1 fully saturated rings. The first kappa shape index (κ1) is 14.0. The lowest BCUT2D eigenvalue weighted by Crippen LogP contribution is -2.33. The van der Waals surface area contributed by atoms with Crippen molar-refractivity contribution < 1.29 is 8.42 Å². The van der Waals surface area contributed by atoms with E-state index in [9.17, 15) is 8.42 Å². The Morgan fingerprint density at radius 2 is 2.11 bits per heavy atom. The molecule has 0 spiro atoms. The minimum Gasteiger partial charge on any atom is -0.398 e. The minimum atomic E-state index is -3.49. The van der Waals surface area contributed by atoms with E-state index in [0.29, 0.717) is 11.8 Å². The molecule has 0 saturated carbocycles. The first-order chi connectivity index (χ1) is 8.59. The lowest BCUT2D eigenvalue weighted by Gasteiger charge is -2.21. The molecule has 0 aromatic heterocycles. The van der Waals surface area contributed by atoms with Gasteiger partial charge in [-0.05, 0) is 12.1 Å². The monoisotopic (exact) mass is 304 g/mol. The molecule has 100 valence electrons. The second-order valence-corrected chi connectivity index (χ2v) is 8.25. The molecule has 0 amide bonds. The lowest BCUT2D eigenvalue weighted by atomic mass is 10.3. The molecule has 1 aliphatic rings. The molecule has 0 bridgehead atoms. The van der Waals surface area contributed by atoms with Gasteiger partial charge < -0.3 is 5.73 Å². The number of para-hydroxylation sites is 1. The zero-order chi connectivity index (χ0) is 13.0. The van der Waals surface area contributed by atoms with Crippen molar-refractivity contribution in [3.63, 3.8) is 0 Å². The maximum absolute atomic E-state index is 12.1. The lowest BCUT2D eigenvalue weighted by molar-refractivity contribution is 0.582. The van der Waals surface area contributed by atoms with Gasteiger partial charge in [0, 0.05) is 29.1 Å². The van der Waals surface area contributed by atoms with Crippen molar-refractivity contribution >= 4 is 39.2 Å². The molecule has 1 aromatic carbocycles. The first-order valence-electron chi connectivity index (χ1n) is 5.63. The largest absolute Gasteiger partial charge is 0.398 e. The molecule has 4 nitrogen and oxygen atoms in total. The number of nitrogen functional groups attached to an aromatic ring is 1. The number of thioether (sulfide) groups is 2. The van der Waals surface area contributed by atoms with Crippen molar-refractivity contribution in [3.8, 4) is 0 Å². The third-order valence-corrected chi connectivity index (χ3v) is 6.94. The average Bonchev–Trinajstić information content (AvgIpc) is 2.38. The summed E-state index contributed by atoms with van der Waals surface area (Å²) in [6.07, 6.45) is 0. The highest BCUT2D eigenvalue weighted by atomic mass is 32.2. The topological polar surface area (TPSA) is 72.2 Å². The fourth-order valence-electron chi connectivity index (χ4n) is 1.66. The van der Waals surface area contributed by atoms with Crippen molar-refractivity contribution in [3.05, 3.63) is 24.3 Å². The third-order valence-electron chi connectivity index (χ3n) is 2.59. The Kier molecular flexibility index (Phi) is 4.83. The van der Waals surface area contributed by atoms with Gasteiger partial charge in [0.1, 0.15) is 4.90 Å². The third kappa shape index (κ3) is 3.57. The quantitative estimate of drug-likeness (QED) is 0.823. The highest BCUT2D eigenvalue weighted by Gasteiger charge is 2.20. The van der Waals surface area contributed by atoms with Gasteiger partial charge in [0.25, 0.3) is 0 Å². The highest BCUT2D eigenvalue weighted by molar-refractivity contribution is 8.06. The molecule has 1 aromatic rings. The summed E-state index contributed by atoms with van der Waals surface area (Å²) < 4.78 is 26.8. The van der Waals surface area contributed by atoms with Gasteiger partial charge in [0.2, 0.25) is 10.0 Å². The van der Waals surface area contributed by atoms with E-state index in [1.165, 1.54) is 6.07 Å². The van der Waals surface area contributed by atoms with Gasteiger partial charge in [-0.25, -0.2) is 13.1 Å². The summed E-state index contributed by atoms with van der Waals surface area (Å²) in [5, 5.41) is 0.350. The number of nitrogens with one attached hydrogen (secondary N) is 1. The van der Waals surface area contributed by atoms with E-state index in [1.54, 1.807) is 18.2 Å². The second-order valence-electron chi connectivity index (χ2n) is 3.96. The van der Waals surface area contributed by atoms with Gasteiger partial charge in [0.05, 0.1) is 5.69 Å². The van der Waals surface area contributed by atoms with Crippen molar-refractivity contribution in [1.29, 1.82) is 0 Å².